The summed E-state index contributed by atoms with van der Waals surface area (Å²) in [4.78, 5) is 10.4. The second kappa shape index (κ2) is 13.0. The zero-order valence-electron chi connectivity index (χ0n) is 33.2. The summed E-state index contributed by atoms with van der Waals surface area (Å²) in [6.45, 7) is 0. The highest BCUT2D eigenvalue weighted by molar-refractivity contribution is 6.29. The Kier molecular flexibility index (Phi) is 7.26. The van der Waals surface area contributed by atoms with E-state index in [-0.39, 0.29) is 5.41 Å². The monoisotopic (exact) mass is 772 g/mol. The lowest BCUT2D eigenvalue weighted by atomic mass is 9.70. The first-order valence-corrected chi connectivity index (χ1v) is 21.1. The maximum absolute atomic E-state index is 5.21. The summed E-state index contributed by atoms with van der Waals surface area (Å²) < 4.78 is 0. The fourth-order valence-electron chi connectivity index (χ4n) is 10.7. The molecule has 2 heteroatoms. The van der Waals surface area contributed by atoms with E-state index in [0.29, 0.717) is 5.82 Å². The smallest absolute Gasteiger partial charge is 0.160 e. The molecular formula is C59H36N2. The number of fused-ring (bicyclic) bond motifs is 16. The van der Waals surface area contributed by atoms with Gasteiger partial charge in [0.05, 0.1) is 16.8 Å². The molecule has 1 heterocycles. The van der Waals surface area contributed by atoms with Crippen molar-refractivity contribution in [2.75, 3.05) is 0 Å². The van der Waals surface area contributed by atoms with E-state index in [4.69, 9.17) is 9.97 Å². The van der Waals surface area contributed by atoms with E-state index < -0.39 is 0 Å². The first kappa shape index (κ1) is 34.0. The van der Waals surface area contributed by atoms with Crippen LogP contribution in [0, 0.1) is 0 Å². The third-order valence-electron chi connectivity index (χ3n) is 13.3. The molecule has 10 aromatic carbocycles. The summed E-state index contributed by atoms with van der Waals surface area (Å²) in [5.41, 5.74) is 17.7. The lowest BCUT2D eigenvalue weighted by molar-refractivity contribution is 0.794. The maximum atomic E-state index is 5.21. The summed E-state index contributed by atoms with van der Waals surface area (Å²) in [6.07, 6.45) is 0. The second-order valence-corrected chi connectivity index (χ2v) is 16.4. The number of hydrogen-bond acceptors (Lipinski definition) is 2. The zero-order chi connectivity index (χ0) is 40.1. The molecule has 1 spiro atoms. The average Bonchev–Trinajstić information content (AvgIpc) is 3.81. The molecule has 0 saturated heterocycles. The van der Waals surface area contributed by atoms with Crippen molar-refractivity contribution in [3.05, 3.63) is 241 Å². The van der Waals surface area contributed by atoms with Crippen LogP contribution >= 0.6 is 0 Å². The molecule has 1 aromatic heterocycles. The maximum Gasteiger partial charge on any atom is 0.160 e. The molecule has 61 heavy (non-hydrogen) atoms. The van der Waals surface area contributed by atoms with Gasteiger partial charge in [-0.05, 0) is 106 Å². The third-order valence-corrected chi connectivity index (χ3v) is 13.3. The van der Waals surface area contributed by atoms with Crippen LogP contribution in [0.2, 0.25) is 0 Å². The van der Waals surface area contributed by atoms with Crippen LogP contribution < -0.4 is 0 Å². The fourth-order valence-corrected chi connectivity index (χ4v) is 10.7. The van der Waals surface area contributed by atoms with Crippen molar-refractivity contribution >= 4 is 32.3 Å². The molecule has 0 fully saturated rings. The van der Waals surface area contributed by atoms with Gasteiger partial charge in [0, 0.05) is 16.7 Å². The predicted octanol–water partition coefficient (Wildman–Crippen LogP) is 14.9. The second-order valence-electron chi connectivity index (χ2n) is 16.4. The Morgan fingerprint density at radius 3 is 1.34 bits per heavy atom. The standard InChI is InChI=1S/C59H36N2/c1-3-16-37(17-4-1)55-36-56(38-18-5-2-6-19-38)61-58(60-55)40-30-32-48-49(35-40)43-21-8-7-20-42(43)47-26-15-25-41(57(47)48)39-31-33-54-50(34-39)46-24-11-14-29-53(46)59(54)51-27-12-9-22-44(51)45-23-10-13-28-52(45)59/h1-36H. The highest BCUT2D eigenvalue weighted by Crippen LogP contribution is 2.63. The van der Waals surface area contributed by atoms with Crippen LogP contribution in [0.15, 0.2) is 218 Å². The van der Waals surface area contributed by atoms with Gasteiger partial charge in [0.25, 0.3) is 0 Å². The molecule has 0 bridgehead atoms. The quantitative estimate of drug-likeness (QED) is 0.167. The van der Waals surface area contributed by atoms with Crippen LogP contribution in [0.3, 0.4) is 0 Å². The van der Waals surface area contributed by atoms with Crippen molar-refractivity contribution in [1.82, 2.24) is 9.97 Å². The molecule has 0 atom stereocenters. The minimum absolute atomic E-state index is 0.365. The van der Waals surface area contributed by atoms with Crippen molar-refractivity contribution in [1.29, 1.82) is 0 Å². The van der Waals surface area contributed by atoms with Crippen molar-refractivity contribution in [3.63, 3.8) is 0 Å². The summed E-state index contributed by atoms with van der Waals surface area (Å²) in [5, 5.41) is 7.36. The molecule has 0 saturated carbocycles. The molecule has 0 aliphatic heterocycles. The molecule has 0 radical (unpaired) electrons. The first-order chi connectivity index (χ1) is 30.3. The van der Waals surface area contributed by atoms with Gasteiger partial charge in [-0.1, -0.05) is 200 Å². The molecule has 0 N–H and O–H groups in total. The van der Waals surface area contributed by atoms with Gasteiger partial charge in [-0.2, -0.15) is 0 Å². The summed E-state index contributed by atoms with van der Waals surface area (Å²) in [6, 6.07) is 79.7. The number of rotatable bonds is 4. The highest BCUT2D eigenvalue weighted by atomic mass is 14.9. The van der Waals surface area contributed by atoms with Gasteiger partial charge >= 0.3 is 0 Å². The van der Waals surface area contributed by atoms with Crippen molar-refractivity contribution in [2.24, 2.45) is 0 Å². The van der Waals surface area contributed by atoms with Gasteiger partial charge in [0.1, 0.15) is 0 Å². The van der Waals surface area contributed by atoms with Gasteiger partial charge < -0.3 is 0 Å². The van der Waals surface area contributed by atoms with Gasteiger partial charge in [0.15, 0.2) is 5.82 Å². The lowest BCUT2D eigenvalue weighted by Gasteiger charge is -2.30. The Balaban J connectivity index is 1.04. The number of benzene rings is 10. The van der Waals surface area contributed by atoms with Gasteiger partial charge in [-0.25, -0.2) is 9.97 Å². The van der Waals surface area contributed by atoms with E-state index >= 15 is 0 Å². The molecule has 2 aliphatic carbocycles. The molecule has 0 amide bonds. The first-order valence-electron chi connectivity index (χ1n) is 21.1. The minimum atomic E-state index is -0.365. The van der Waals surface area contributed by atoms with Crippen molar-refractivity contribution in [2.45, 2.75) is 5.41 Å². The number of hydrogen-bond donors (Lipinski definition) is 0. The van der Waals surface area contributed by atoms with Crippen LogP contribution in [-0.2, 0) is 5.41 Å². The van der Waals surface area contributed by atoms with Gasteiger partial charge in [-0.15, -0.1) is 0 Å². The highest BCUT2D eigenvalue weighted by Gasteiger charge is 2.51. The Morgan fingerprint density at radius 1 is 0.262 bits per heavy atom. The third kappa shape index (κ3) is 4.85. The van der Waals surface area contributed by atoms with Crippen molar-refractivity contribution < 1.29 is 0 Å². The Labute approximate surface area is 354 Å². The van der Waals surface area contributed by atoms with E-state index in [9.17, 15) is 0 Å². The average molecular weight is 773 g/mol. The van der Waals surface area contributed by atoms with Crippen molar-refractivity contribution in [3.8, 4) is 67.3 Å². The van der Waals surface area contributed by atoms with Gasteiger partial charge in [-0.3, -0.25) is 0 Å². The van der Waals surface area contributed by atoms with E-state index in [2.05, 4.69) is 206 Å². The summed E-state index contributed by atoms with van der Waals surface area (Å²) in [7, 11) is 0. The fraction of sp³-hybridized carbons (Fsp3) is 0.0169. The molecule has 282 valence electrons. The molecular weight excluding hydrogens is 737 g/mol. The zero-order valence-corrected chi connectivity index (χ0v) is 33.2. The summed E-state index contributed by atoms with van der Waals surface area (Å²) >= 11 is 0. The van der Waals surface area contributed by atoms with Crippen LogP contribution in [-0.4, -0.2) is 9.97 Å². The van der Waals surface area contributed by atoms with Crippen LogP contribution in [0.4, 0.5) is 0 Å². The topological polar surface area (TPSA) is 25.8 Å². The number of aromatic nitrogens is 2. The number of nitrogens with zero attached hydrogens (tertiary/aromatic N) is 2. The lowest BCUT2D eigenvalue weighted by Crippen LogP contribution is -2.25. The van der Waals surface area contributed by atoms with E-state index in [1.165, 1.54) is 88.0 Å². The largest absolute Gasteiger partial charge is 0.228 e. The van der Waals surface area contributed by atoms with Crippen LogP contribution in [0.5, 0.6) is 0 Å². The Hall–Kier alpha value is -7.94. The Bertz CT molecular complexity index is 3480. The normalized spacial score (nSPS) is 13.0. The van der Waals surface area contributed by atoms with Crippen LogP contribution in [0.1, 0.15) is 22.3 Å². The van der Waals surface area contributed by atoms with E-state index in [1.807, 2.05) is 12.1 Å². The molecule has 0 unspecified atom stereocenters. The molecule has 13 rings (SSSR count). The summed E-state index contributed by atoms with van der Waals surface area (Å²) in [5.74, 6) is 0.709. The molecule has 2 nitrogen and oxygen atoms in total. The van der Waals surface area contributed by atoms with Crippen LogP contribution in [0.25, 0.3) is 99.6 Å². The van der Waals surface area contributed by atoms with E-state index in [1.54, 1.807) is 0 Å². The SMILES string of the molecule is c1ccc(-c2cc(-c3ccccc3)nc(-c3ccc4c(c3)c3ccccc3c3cccc(-c5ccc6c(c5)-c5ccccc5C65c6ccccc6-c6ccccc65)c34)n2)cc1. The Morgan fingerprint density at radius 2 is 0.721 bits per heavy atom. The van der Waals surface area contributed by atoms with Gasteiger partial charge in [0.2, 0.25) is 0 Å². The predicted molar refractivity (Wildman–Crippen MR) is 253 cm³/mol. The molecule has 2 aliphatic rings. The minimum Gasteiger partial charge on any atom is -0.228 e. The van der Waals surface area contributed by atoms with E-state index in [0.717, 1.165) is 28.1 Å². The molecule has 11 aromatic rings.